The lowest BCUT2D eigenvalue weighted by Crippen LogP contribution is -2.53. The van der Waals surface area contributed by atoms with Gasteiger partial charge in [0.1, 0.15) is 6.07 Å². The number of hydrogen-bond acceptors (Lipinski definition) is 4. The van der Waals surface area contributed by atoms with Crippen molar-refractivity contribution in [2.24, 2.45) is 46.3 Å². The zero-order valence-electron chi connectivity index (χ0n) is 20.9. The second-order valence-corrected chi connectivity index (χ2v) is 12.4. The lowest BCUT2D eigenvalue weighted by Gasteiger charge is -2.60. The van der Waals surface area contributed by atoms with Crippen molar-refractivity contribution in [3.63, 3.8) is 0 Å². The van der Waals surface area contributed by atoms with Crippen LogP contribution in [-0.4, -0.2) is 34.2 Å². The molecule has 1 N–H and O–H groups in total. The number of ether oxygens (including phenoxy) is 1. The third-order valence-corrected chi connectivity index (χ3v) is 10.8. The summed E-state index contributed by atoms with van der Waals surface area (Å²) >= 11 is 0. The lowest BCUT2D eigenvalue weighted by atomic mass is 9.45. The predicted octanol–water partition coefficient (Wildman–Crippen LogP) is 5.43. The van der Waals surface area contributed by atoms with E-state index in [9.17, 15) is 5.11 Å². The first-order chi connectivity index (χ1) is 15.9. The second kappa shape index (κ2) is 9.00. The molecule has 5 nitrogen and oxygen atoms in total. The molecule has 0 amide bonds. The van der Waals surface area contributed by atoms with Crippen molar-refractivity contribution >= 4 is 0 Å². The average molecular weight is 454 g/mol. The monoisotopic (exact) mass is 453 g/mol. The van der Waals surface area contributed by atoms with E-state index in [2.05, 4.69) is 31.9 Å². The van der Waals surface area contributed by atoms with Crippen LogP contribution < -0.4 is 0 Å². The Labute approximate surface area is 199 Å². The zero-order valence-corrected chi connectivity index (χ0v) is 20.9. The van der Waals surface area contributed by atoms with Gasteiger partial charge in [0.25, 0.3) is 0 Å². The Morgan fingerprint density at radius 1 is 1.15 bits per heavy atom. The standard InChI is InChI=1S/C28H43N3O2/c1-4-33-18-19-5-6-23-21-10-12-28(3)24(22(21)9-11-27(23,2)13-19)7-8-25(28)26(32)17-31-16-20(14-29)15-30-31/h15-16,19,21-26,32H,4-13,17-18H2,1-3H3/t19?,21?,22?,23?,24?,25?,26?,27-,28?/m1/s1. The van der Waals surface area contributed by atoms with Crippen molar-refractivity contribution in [1.82, 2.24) is 9.78 Å². The molecule has 0 aromatic carbocycles. The largest absolute Gasteiger partial charge is 0.391 e. The summed E-state index contributed by atoms with van der Waals surface area (Å²) in [5.74, 6) is 4.47. The summed E-state index contributed by atoms with van der Waals surface area (Å²) < 4.78 is 7.58. The molecule has 0 spiro atoms. The Morgan fingerprint density at radius 2 is 1.91 bits per heavy atom. The highest BCUT2D eigenvalue weighted by Crippen LogP contribution is 2.67. The van der Waals surface area contributed by atoms with Crippen LogP contribution in [0.1, 0.15) is 84.1 Å². The number of aliphatic hydroxyl groups is 1. The Hall–Kier alpha value is -1.38. The third-order valence-electron chi connectivity index (χ3n) is 10.8. The minimum Gasteiger partial charge on any atom is -0.391 e. The van der Waals surface area contributed by atoms with Crippen molar-refractivity contribution in [2.45, 2.75) is 91.2 Å². The summed E-state index contributed by atoms with van der Waals surface area (Å²) in [6.07, 6.45) is 14.9. The van der Waals surface area contributed by atoms with Crippen LogP contribution in [0.4, 0.5) is 0 Å². The Kier molecular flexibility index (Phi) is 6.38. The summed E-state index contributed by atoms with van der Waals surface area (Å²) in [5, 5.41) is 24.6. The quantitative estimate of drug-likeness (QED) is 0.624. The van der Waals surface area contributed by atoms with E-state index < -0.39 is 0 Å². The molecule has 4 aliphatic carbocycles. The highest BCUT2D eigenvalue weighted by atomic mass is 16.5. The lowest BCUT2D eigenvalue weighted by molar-refractivity contribution is -0.118. The second-order valence-electron chi connectivity index (χ2n) is 12.4. The molecule has 0 radical (unpaired) electrons. The number of aliphatic hydroxyl groups excluding tert-OH is 1. The number of fused-ring (bicyclic) bond motifs is 5. The fraction of sp³-hybridized carbons (Fsp3) is 0.857. The van der Waals surface area contributed by atoms with E-state index in [0.717, 1.165) is 49.2 Å². The average Bonchev–Trinajstić information content (AvgIpc) is 3.40. The maximum atomic E-state index is 11.3. The van der Waals surface area contributed by atoms with E-state index in [4.69, 9.17) is 10.00 Å². The summed E-state index contributed by atoms with van der Waals surface area (Å²) in [7, 11) is 0. The Bertz CT molecular complexity index is 877. The van der Waals surface area contributed by atoms with E-state index in [-0.39, 0.29) is 11.5 Å². The number of rotatable bonds is 6. The molecule has 4 aliphatic rings. The van der Waals surface area contributed by atoms with Gasteiger partial charge in [0.2, 0.25) is 0 Å². The molecule has 33 heavy (non-hydrogen) atoms. The minimum atomic E-state index is -0.383. The molecule has 0 aliphatic heterocycles. The molecule has 5 rings (SSSR count). The highest BCUT2D eigenvalue weighted by molar-refractivity contribution is 5.21. The highest BCUT2D eigenvalue weighted by Gasteiger charge is 2.60. The Balaban J connectivity index is 1.27. The molecular formula is C28H43N3O2. The predicted molar refractivity (Wildman–Crippen MR) is 128 cm³/mol. The number of hydrogen-bond donors (Lipinski definition) is 1. The Morgan fingerprint density at radius 3 is 2.67 bits per heavy atom. The van der Waals surface area contributed by atoms with Crippen LogP contribution in [0.25, 0.3) is 0 Å². The van der Waals surface area contributed by atoms with Crippen LogP contribution >= 0.6 is 0 Å². The third kappa shape index (κ3) is 4.06. The van der Waals surface area contributed by atoms with Crippen LogP contribution in [0.2, 0.25) is 0 Å². The fourth-order valence-electron chi connectivity index (χ4n) is 9.36. The van der Waals surface area contributed by atoms with Crippen LogP contribution in [-0.2, 0) is 11.3 Å². The van der Waals surface area contributed by atoms with E-state index in [1.807, 2.05) is 0 Å². The van der Waals surface area contributed by atoms with Gasteiger partial charge in [-0.05, 0) is 111 Å². The van der Waals surface area contributed by atoms with Crippen molar-refractivity contribution in [3.05, 3.63) is 18.0 Å². The van der Waals surface area contributed by atoms with Crippen molar-refractivity contribution in [1.29, 1.82) is 5.26 Å². The molecule has 4 fully saturated rings. The van der Waals surface area contributed by atoms with Gasteiger partial charge < -0.3 is 9.84 Å². The van der Waals surface area contributed by atoms with Gasteiger partial charge in [-0.25, -0.2) is 0 Å². The summed E-state index contributed by atoms with van der Waals surface area (Å²) in [6, 6.07) is 2.14. The zero-order chi connectivity index (χ0) is 23.2. The topological polar surface area (TPSA) is 71.1 Å². The van der Waals surface area contributed by atoms with Crippen molar-refractivity contribution in [2.75, 3.05) is 13.2 Å². The van der Waals surface area contributed by atoms with Crippen LogP contribution in [0.15, 0.2) is 12.4 Å². The maximum absolute atomic E-state index is 11.3. The first kappa shape index (κ1) is 23.4. The smallest absolute Gasteiger partial charge is 0.102 e. The number of nitrogens with zero attached hydrogens (tertiary/aromatic N) is 3. The molecule has 1 aromatic rings. The van der Waals surface area contributed by atoms with E-state index in [1.54, 1.807) is 17.1 Å². The molecule has 5 heteroatoms. The molecule has 9 atom stereocenters. The van der Waals surface area contributed by atoms with Crippen LogP contribution in [0.3, 0.4) is 0 Å². The van der Waals surface area contributed by atoms with Crippen molar-refractivity contribution < 1.29 is 9.84 Å². The molecule has 8 unspecified atom stereocenters. The minimum absolute atomic E-state index is 0.242. The van der Waals surface area contributed by atoms with E-state index in [0.29, 0.717) is 23.4 Å². The normalized spacial score (nSPS) is 43.2. The van der Waals surface area contributed by atoms with Gasteiger partial charge in [-0.1, -0.05) is 13.8 Å². The molecule has 1 heterocycles. The molecular weight excluding hydrogens is 410 g/mol. The molecule has 0 bridgehead atoms. The summed E-state index contributed by atoms with van der Waals surface area (Å²) in [4.78, 5) is 0. The van der Waals surface area contributed by atoms with Gasteiger partial charge in [0.15, 0.2) is 0 Å². The van der Waals surface area contributed by atoms with Gasteiger partial charge in [-0.2, -0.15) is 10.4 Å². The number of aromatic nitrogens is 2. The van der Waals surface area contributed by atoms with Gasteiger partial charge in [0, 0.05) is 19.4 Å². The summed E-state index contributed by atoms with van der Waals surface area (Å²) in [5.41, 5.74) is 1.32. The molecule has 182 valence electrons. The molecule has 0 saturated heterocycles. The van der Waals surface area contributed by atoms with Gasteiger partial charge in [0.05, 0.1) is 24.4 Å². The number of nitriles is 1. The maximum Gasteiger partial charge on any atom is 0.102 e. The van der Waals surface area contributed by atoms with Gasteiger partial charge >= 0.3 is 0 Å². The first-order valence-electron chi connectivity index (χ1n) is 13.6. The van der Waals surface area contributed by atoms with E-state index >= 15 is 0 Å². The first-order valence-corrected chi connectivity index (χ1v) is 13.6. The fourth-order valence-corrected chi connectivity index (χ4v) is 9.36. The molecule has 4 saturated carbocycles. The SMILES string of the molecule is CCOCC1CCC2C3CCC4(C)C(C(O)Cn5cc(C#N)cn5)CCC4C3CC[C@]2(C)C1. The molecule has 1 aromatic heterocycles. The van der Waals surface area contributed by atoms with Crippen LogP contribution in [0.5, 0.6) is 0 Å². The van der Waals surface area contributed by atoms with Crippen LogP contribution in [0, 0.1) is 57.7 Å². The van der Waals surface area contributed by atoms with Gasteiger partial charge in [-0.3, -0.25) is 4.68 Å². The van der Waals surface area contributed by atoms with Crippen molar-refractivity contribution in [3.8, 4) is 6.07 Å². The van der Waals surface area contributed by atoms with E-state index in [1.165, 1.54) is 51.4 Å². The summed E-state index contributed by atoms with van der Waals surface area (Å²) in [6.45, 7) is 9.51. The van der Waals surface area contributed by atoms with Gasteiger partial charge in [-0.15, -0.1) is 0 Å².